The number of aliphatic hydroxyl groups excluding tert-OH is 1. The van der Waals surface area contributed by atoms with Crippen molar-refractivity contribution in [2.75, 3.05) is 13.2 Å². The fourth-order valence-corrected chi connectivity index (χ4v) is 4.43. The Hall–Kier alpha value is -2.92. The van der Waals surface area contributed by atoms with Crippen LogP contribution in [0.1, 0.15) is 142 Å². The second-order valence-corrected chi connectivity index (χ2v) is 11.6. The van der Waals surface area contributed by atoms with Crippen molar-refractivity contribution in [3.63, 3.8) is 0 Å². The van der Waals surface area contributed by atoms with Gasteiger partial charge >= 0.3 is 11.9 Å². The largest absolute Gasteiger partial charge is 0.462 e. The van der Waals surface area contributed by atoms with Crippen molar-refractivity contribution in [1.29, 1.82) is 0 Å². The molecule has 0 fully saturated rings. The molecule has 5 heteroatoms. The SMILES string of the molecule is CC/C=C/C/C=C/C/C=C/C/C=C/CCCCC(=O)OC[C@H](CO)OC(=O)CCCCCC/C=C/C/C=C/C/C=C/CCCCC. The lowest BCUT2D eigenvalue weighted by atomic mass is 10.1. The summed E-state index contributed by atoms with van der Waals surface area (Å²) in [4.78, 5) is 24.2. The molecule has 0 rings (SSSR count). The van der Waals surface area contributed by atoms with Crippen LogP contribution in [0.25, 0.3) is 0 Å². The maximum absolute atomic E-state index is 12.1. The molecule has 0 aliphatic carbocycles. The monoisotopic (exact) mass is 638 g/mol. The quantitative estimate of drug-likeness (QED) is 0.0465. The van der Waals surface area contributed by atoms with E-state index in [1.807, 2.05) is 0 Å². The number of rotatable bonds is 31. The molecule has 0 saturated carbocycles. The molecule has 46 heavy (non-hydrogen) atoms. The molecule has 1 atom stereocenters. The highest BCUT2D eigenvalue weighted by Crippen LogP contribution is 2.09. The molecule has 0 aromatic rings. The summed E-state index contributed by atoms with van der Waals surface area (Å²) in [5.74, 6) is -0.675. The van der Waals surface area contributed by atoms with Crippen LogP contribution in [0.5, 0.6) is 0 Å². The summed E-state index contributed by atoms with van der Waals surface area (Å²) in [6.45, 7) is 3.91. The summed E-state index contributed by atoms with van der Waals surface area (Å²) in [6.07, 6.45) is 49.2. The van der Waals surface area contributed by atoms with Crippen LogP contribution in [0.3, 0.4) is 0 Å². The highest BCUT2D eigenvalue weighted by Gasteiger charge is 2.16. The fourth-order valence-electron chi connectivity index (χ4n) is 4.43. The summed E-state index contributed by atoms with van der Waals surface area (Å²) >= 11 is 0. The van der Waals surface area contributed by atoms with Gasteiger partial charge in [0.15, 0.2) is 6.10 Å². The van der Waals surface area contributed by atoms with E-state index in [-0.39, 0.29) is 25.2 Å². The maximum Gasteiger partial charge on any atom is 0.306 e. The molecule has 0 spiro atoms. The number of carbonyl (C=O) groups excluding carboxylic acids is 2. The first kappa shape index (κ1) is 43.1. The molecule has 0 aliphatic heterocycles. The number of ether oxygens (including phenoxy) is 2. The summed E-state index contributed by atoms with van der Waals surface area (Å²) in [6, 6.07) is 0. The van der Waals surface area contributed by atoms with Gasteiger partial charge in [0.2, 0.25) is 0 Å². The molecule has 1 N–H and O–H groups in total. The Balaban J connectivity index is 3.73. The topological polar surface area (TPSA) is 72.8 Å². The molecule has 0 aromatic carbocycles. The number of esters is 2. The van der Waals surface area contributed by atoms with Gasteiger partial charge in [-0.3, -0.25) is 9.59 Å². The number of carbonyl (C=O) groups is 2. The lowest BCUT2D eigenvalue weighted by molar-refractivity contribution is -0.161. The van der Waals surface area contributed by atoms with Gasteiger partial charge in [-0.25, -0.2) is 0 Å². The second kappa shape index (κ2) is 36.5. The van der Waals surface area contributed by atoms with Crippen molar-refractivity contribution >= 4 is 11.9 Å². The van der Waals surface area contributed by atoms with Crippen LogP contribution in [-0.2, 0) is 19.1 Å². The average molecular weight is 639 g/mol. The summed E-state index contributed by atoms with van der Waals surface area (Å²) in [5.41, 5.74) is 0. The van der Waals surface area contributed by atoms with Crippen LogP contribution >= 0.6 is 0 Å². The van der Waals surface area contributed by atoms with Crippen molar-refractivity contribution < 1.29 is 24.2 Å². The summed E-state index contributed by atoms with van der Waals surface area (Å²) in [7, 11) is 0. The first-order chi connectivity index (χ1) is 22.6. The van der Waals surface area contributed by atoms with E-state index < -0.39 is 6.10 Å². The molecule has 0 saturated heterocycles. The molecular weight excluding hydrogens is 572 g/mol. The molecule has 260 valence electrons. The van der Waals surface area contributed by atoms with Crippen LogP contribution < -0.4 is 0 Å². The van der Waals surface area contributed by atoms with Crippen LogP contribution in [0.4, 0.5) is 0 Å². The Morgan fingerprint density at radius 3 is 1.43 bits per heavy atom. The zero-order valence-electron chi connectivity index (χ0n) is 29.3. The third kappa shape index (κ3) is 34.0. The van der Waals surface area contributed by atoms with Gasteiger partial charge in [0.25, 0.3) is 0 Å². The lowest BCUT2D eigenvalue weighted by Gasteiger charge is -2.15. The van der Waals surface area contributed by atoms with Gasteiger partial charge in [0.1, 0.15) is 6.61 Å². The molecule has 0 heterocycles. The first-order valence-electron chi connectivity index (χ1n) is 18.1. The van der Waals surface area contributed by atoms with Crippen LogP contribution in [0, 0.1) is 0 Å². The van der Waals surface area contributed by atoms with Gasteiger partial charge in [0.05, 0.1) is 6.61 Å². The van der Waals surface area contributed by atoms with Gasteiger partial charge in [0, 0.05) is 12.8 Å². The molecular formula is C41H66O5. The van der Waals surface area contributed by atoms with E-state index in [4.69, 9.17) is 9.47 Å². The Morgan fingerprint density at radius 2 is 0.935 bits per heavy atom. The average Bonchev–Trinajstić information content (AvgIpc) is 3.06. The Bertz CT molecular complexity index is 906. The summed E-state index contributed by atoms with van der Waals surface area (Å²) in [5, 5.41) is 9.52. The number of hydrogen-bond donors (Lipinski definition) is 1. The minimum atomic E-state index is -0.804. The zero-order valence-corrected chi connectivity index (χ0v) is 29.3. The Kier molecular flexibility index (Phi) is 34.2. The van der Waals surface area contributed by atoms with Crippen molar-refractivity contribution in [3.8, 4) is 0 Å². The molecule has 0 aromatic heterocycles. The van der Waals surface area contributed by atoms with E-state index in [1.54, 1.807) is 0 Å². The third-order valence-corrected chi connectivity index (χ3v) is 7.17. The van der Waals surface area contributed by atoms with E-state index >= 15 is 0 Å². The highest BCUT2D eigenvalue weighted by molar-refractivity contribution is 5.70. The molecule has 0 amide bonds. The van der Waals surface area contributed by atoms with Crippen molar-refractivity contribution in [3.05, 3.63) is 85.1 Å². The van der Waals surface area contributed by atoms with Crippen LogP contribution in [0.15, 0.2) is 85.1 Å². The molecule has 0 bridgehead atoms. The predicted molar refractivity (Wildman–Crippen MR) is 196 cm³/mol. The van der Waals surface area contributed by atoms with E-state index in [2.05, 4.69) is 98.9 Å². The van der Waals surface area contributed by atoms with Gasteiger partial charge in [-0.15, -0.1) is 0 Å². The van der Waals surface area contributed by atoms with Crippen molar-refractivity contribution in [2.45, 2.75) is 148 Å². The highest BCUT2D eigenvalue weighted by atomic mass is 16.6. The van der Waals surface area contributed by atoms with E-state index in [0.717, 1.165) is 89.9 Å². The molecule has 5 nitrogen and oxygen atoms in total. The predicted octanol–water partition coefficient (Wildman–Crippen LogP) is 11.2. The standard InChI is InChI=1S/C41H66O5/c1-3-5-7-9-11-13-15-17-19-20-22-24-26-28-30-32-34-36-41(44)46-39(37-42)38-45-40(43)35-33-31-29-27-25-23-21-18-16-14-12-10-8-6-4-2/h6,8,11-14,17-19,21-22,24-25,27,39,42H,3-5,7,9-10,15-16,20,23,26,28-38H2,1-2H3/b8-6+,13-11+,14-12+,19-17+,21-18+,24-22+,27-25+/t39-/m0/s1. The van der Waals surface area contributed by atoms with Gasteiger partial charge in [-0.05, 0) is 89.9 Å². The first-order valence-corrected chi connectivity index (χ1v) is 18.1. The van der Waals surface area contributed by atoms with Crippen LogP contribution in [-0.4, -0.2) is 36.4 Å². The van der Waals surface area contributed by atoms with E-state index in [0.29, 0.717) is 12.8 Å². The Morgan fingerprint density at radius 1 is 0.522 bits per heavy atom. The third-order valence-electron chi connectivity index (χ3n) is 7.17. The smallest absolute Gasteiger partial charge is 0.306 e. The number of unbranched alkanes of at least 4 members (excludes halogenated alkanes) is 9. The van der Waals surface area contributed by atoms with E-state index in [9.17, 15) is 14.7 Å². The minimum Gasteiger partial charge on any atom is -0.462 e. The van der Waals surface area contributed by atoms with Gasteiger partial charge in [-0.2, -0.15) is 0 Å². The Labute approximate surface area is 282 Å². The van der Waals surface area contributed by atoms with Crippen molar-refractivity contribution in [2.24, 2.45) is 0 Å². The van der Waals surface area contributed by atoms with Gasteiger partial charge < -0.3 is 14.6 Å². The second-order valence-electron chi connectivity index (χ2n) is 11.6. The maximum atomic E-state index is 12.1. The zero-order chi connectivity index (χ0) is 33.6. The molecule has 0 aliphatic rings. The lowest BCUT2D eigenvalue weighted by Crippen LogP contribution is -2.28. The minimum absolute atomic E-state index is 0.102. The number of hydrogen-bond acceptors (Lipinski definition) is 5. The fraction of sp³-hybridized carbons (Fsp3) is 0.610. The van der Waals surface area contributed by atoms with Crippen molar-refractivity contribution in [1.82, 2.24) is 0 Å². The number of aliphatic hydroxyl groups is 1. The normalized spacial score (nSPS) is 13.2. The number of allylic oxidation sites excluding steroid dienone is 14. The summed E-state index contributed by atoms with van der Waals surface area (Å²) < 4.78 is 10.5. The molecule has 0 radical (unpaired) electrons. The van der Waals surface area contributed by atoms with Gasteiger partial charge in [-0.1, -0.05) is 125 Å². The van der Waals surface area contributed by atoms with Crippen LogP contribution in [0.2, 0.25) is 0 Å². The van der Waals surface area contributed by atoms with E-state index in [1.165, 1.54) is 25.7 Å². The molecule has 0 unspecified atom stereocenters.